The van der Waals surface area contributed by atoms with Crippen LogP contribution in [0.1, 0.15) is 42.7 Å². The smallest absolute Gasteiger partial charge is 0.267 e. The molecule has 0 saturated carbocycles. The molecule has 31 heavy (non-hydrogen) atoms. The lowest BCUT2D eigenvalue weighted by Gasteiger charge is -2.33. The van der Waals surface area contributed by atoms with Gasteiger partial charge in [0.2, 0.25) is 0 Å². The van der Waals surface area contributed by atoms with Gasteiger partial charge in [0, 0.05) is 62.3 Å². The van der Waals surface area contributed by atoms with E-state index in [1.807, 2.05) is 30.3 Å². The molecular formula is C24H30N4O2S. The Labute approximate surface area is 186 Å². The number of likely N-dealkylation sites (tertiary alicyclic amines) is 1. The fourth-order valence-corrected chi connectivity index (χ4v) is 5.56. The van der Waals surface area contributed by atoms with Gasteiger partial charge < -0.3 is 19.8 Å². The second-order valence-corrected chi connectivity index (χ2v) is 10.4. The normalized spacial score (nSPS) is 16.6. The van der Waals surface area contributed by atoms with Crippen LogP contribution in [0.15, 0.2) is 53.7 Å². The number of fused-ring (bicyclic) bond motifs is 1. The number of hydrogen-bond acceptors (Lipinski definition) is 4. The number of nitrogens with zero attached hydrogens (tertiary/aromatic N) is 2. The summed E-state index contributed by atoms with van der Waals surface area (Å²) in [5, 5.41) is 4.08. The minimum Gasteiger partial charge on any atom is -0.611 e. The van der Waals surface area contributed by atoms with Crippen molar-refractivity contribution >= 4 is 28.0 Å². The first-order chi connectivity index (χ1) is 15.0. The molecule has 3 heterocycles. The van der Waals surface area contributed by atoms with Gasteiger partial charge in [0.05, 0.1) is 0 Å². The van der Waals surface area contributed by atoms with Crippen molar-refractivity contribution in [1.82, 2.24) is 20.2 Å². The van der Waals surface area contributed by atoms with Crippen LogP contribution in [0, 0.1) is 5.92 Å². The van der Waals surface area contributed by atoms with E-state index in [2.05, 4.69) is 34.0 Å². The Hall–Kier alpha value is -2.35. The molecule has 7 heteroatoms. The van der Waals surface area contributed by atoms with Gasteiger partial charge >= 0.3 is 0 Å². The molecule has 0 bridgehead atoms. The molecule has 0 aliphatic carbocycles. The second-order valence-electron chi connectivity index (χ2n) is 8.66. The van der Waals surface area contributed by atoms with Gasteiger partial charge in [0.15, 0.2) is 4.90 Å². The van der Waals surface area contributed by atoms with Crippen molar-refractivity contribution in [3.63, 3.8) is 0 Å². The number of carbonyl (C=O) groups is 1. The average Bonchev–Trinajstić information content (AvgIpc) is 3.22. The number of amides is 1. The zero-order valence-electron chi connectivity index (χ0n) is 18.1. The van der Waals surface area contributed by atoms with Crippen molar-refractivity contribution in [2.75, 3.05) is 19.6 Å². The molecule has 1 aliphatic heterocycles. The number of hydrogen-bond donors (Lipinski definition) is 2. The largest absolute Gasteiger partial charge is 0.611 e. The van der Waals surface area contributed by atoms with Gasteiger partial charge in [-0.1, -0.05) is 26.0 Å². The summed E-state index contributed by atoms with van der Waals surface area (Å²) >= 11 is -0.982. The Balaban J connectivity index is 1.29. The van der Waals surface area contributed by atoms with Crippen molar-refractivity contribution in [3.05, 3.63) is 60.0 Å². The Morgan fingerprint density at radius 2 is 2.00 bits per heavy atom. The van der Waals surface area contributed by atoms with Gasteiger partial charge in [-0.25, -0.2) is 0 Å². The molecule has 6 nitrogen and oxygen atoms in total. The third-order valence-corrected chi connectivity index (χ3v) is 7.55. The van der Waals surface area contributed by atoms with Crippen LogP contribution in [0.2, 0.25) is 0 Å². The predicted octanol–water partition coefficient (Wildman–Crippen LogP) is 3.72. The molecule has 0 radical (unpaired) electrons. The van der Waals surface area contributed by atoms with E-state index in [-0.39, 0.29) is 11.2 Å². The molecule has 0 spiro atoms. The number of rotatable bonds is 7. The zero-order valence-corrected chi connectivity index (χ0v) is 19.0. The summed E-state index contributed by atoms with van der Waals surface area (Å²) in [6.07, 6.45) is 5.39. The van der Waals surface area contributed by atoms with Gasteiger partial charge in [-0.3, -0.25) is 9.78 Å². The van der Waals surface area contributed by atoms with Crippen LogP contribution >= 0.6 is 0 Å². The minimum atomic E-state index is -0.982. The van der Waals surface area contributed by atoms with Crippen molar-refractivity contribution in [2.45, 2.75) is 43.4 Å². The highest BCUT2D eigenvalue weighted by Gasteiger charge is 2.29. The Morgan fingerprint density at radius 3 is 2.68 bits per heavy atom. The molecular weight excluding hydrogens is 408 g/mol. The fourth-order valence-electron chi connectivity index (χ4n) is 4.13. The van der Waals surface area contributed by atoms with E-state index >= 15 is 0 Å². The van der Waals surface area contributed by atoms with Gasteiger partial charge in [-0.15, -0.1) is 0 Å². The van der Waals surface area contributed by atoms with Crippen LogP contribution in [0.5, 0.6) is 0 Å². The summed E-state index contributed by atoms with van der Waals surface area (Å²) in [4.78, 5) is 23.0. The number of aromatic amines is 1. The average molecular weight is 439 g/mol. The number of piperidine rings is 1. The Morgan fingerprint density at radius 1 is 1.26 bits per heavy atom. The summed E-state index contributed by atoms with van der Waals surface area (Å²) in [6, 6.07) is 11.4. The molecule has 1 amide bonds. The highest BCUT2D eigenvalue weighted by molar-refractivity contribution is 7.92. The molecule has 1 atom stereocenters. The molecule has 1 aliphatic rings. The second kappa shape index (κ2) is 9.85. The molecule has 1 saturated heterocycles. The molecule has 164 valence electrons. The molecule has 4 rings (SSSR count). The van der Waals surface area contributed by atoms with E-state index in [0.717, 1.165) is 53.8 Å². The summed E-state index contributed by atoms with van der Waals surface area (Å²) in [5.74, 6) is 0.514. The van der Waals surface area contributed by atoms with Gasteiger partial charge in [-0.2, -0.15) is 0 Å². The van der Waals surface area contributed by atoms with E-state index in [0.29, 0.717) is 18.2 Å². The fraction of sp³-hybridized carbons (Fsp3) is 0.417. The summed E-state index contributed by atoms with van der Waals surface area (Å²) in [6.45, 7) is 8.09. The first-order valence-electron chi connectivity index (χ1n) is 10.9. The van der Waals surface area contributed by atoms with E-state index in [1.54, 1.807) is 18.5 Å². The lowest BCUT2D eigenvalue weighted by atomic mass is 10.1. The van der Waals surface area contributed by atoms with E-state index < -0.39 is 11.2 Å². The maximum Gasteiger partial charge on any atom is 0.267 e. The van der Waals surface area contributed by atoms with Crippen LogP contribution in [0.3, 0.4) is 0 Å². The predicted molar refractivity (Wildman–Crippen MR) is 124 cm³/mol. The third kappa shape index (κ3) is 5.47. The lowest BCUT2D eigenvalue weighted by molar-refractivity contribution is 0.0946. The molecule has 1 unspecified atom stereocenters. The van der Waals surface area contributed by atoms with Gasteiger partial charge in [0.25, 0.3) is 5.91 Å². The van der Waals surface area contributed by atoms with E-state index in [4.69, 9.17) is 0 Å². The summed E-state index contributed by atoms with van der Waals surface area (Å²) in [7, 11) is 0. The maximum absolute atomic E-state index is 13.0. The van der Waals surface area contributed by atoms with Crippen molar-refractivity contribution in [2.24, 2.45) is 5.92 Å². The first-order valence-corrected chi connectivity index (χ1v) is 12.1. The number of carbonyl (C=O) groups excluding carboxylic acids is 1. The topological polar surface area (TPSA) is 84.1 Å². The zero-order chi connectivity index (χ0) is 21.8. The number of benzene rings is 1. The highest BCUT2D eigenvalue weighted by Crippen LogP contribution is 2.25. The number of nitrogens with one attached hydrogen (secondary N) is 2. The number of pyridine rings is 1. The van der Waals surface area contributed by atoms with Crippen LogP contribution in [0.25, 0.3) is 10.9 Å². The SMILES string of the molecule is CC(C)CN1CCC([S+]([O-])c2ccc(CNC(=O)c3cc4cnccc4[nH]3)cc2)CC1. The Kier molecular flexibility index (Phi) is 6.95. The van der Waals surface area contributed by atoms with Crippen LogP contribution in [0.4, 0.5) is 0 Å². The van der Waals surface area contributed by atoms with Gasteiger partial charge in [-0.05, 0) is 46.9 Å². The number of aromatic nitrogens is 2. The Bertz CT molecular complexity index is 977. The summed E-state index contributed by atoms with van der Waals surface area (Å²) < 4.78 is 13.0. The molecule has 1 fully saturated rings. The monoisotopic (exact) mass is 438 g/mol. The standard InChI is InChI=1S/C24H30N4O2S/c1-17(2)16-28-11-8-21(9-12-28)31(30)20-5-3-18(4-6-20)14-26-24(29)23-13-19-15-25-10-7-22(19)27-23/h3-7,10,13,15,17,21,27H,8-9,11-12,14,16H2,1-2H3,(H,26,29). The first kappa shape index (κ1) is 21.9. The quantitative estimate of drug-likeness (QED) is 0.551. The van der Waals surface area contributed by atoms with Crippen LogP contribution in [-0.2, 0) is 17.7 Å². The van der Waals surface area contributed by atoms with Crippen LogP contribution < -0.4 is 5.32 Å². The van der Waals surface area contributed by atoms with Crippen LogP contribution in [-0.4, -0.2) is 50.2 Å². The van der Waals surface area contributed by atoms with Gasteiger partial charge in [0.1, 0.15) is 10.9 Å². The highest BCUT2D eigenvalue weighted by atomic mass is 32.2. The van der Waals surface area contributed by atoms with E-state index in [9.17, 15) is 9.35 Å². The maximum atomic E-state index is 13.0. The van der Waals surface area contributed by atoms with Crippen molar-refractivity contribution in [3.8, 4) is 0 Å². The minimum absolute atomic E-state index is 0.156. The third-order valence-electron chi connectivity index (χ3n) is 5.74. The van der Waals surface area contributed by atoms with Crippen molar-refractivity contribution in [1.29, 1.82) is 0 Å². The molecule has 2 N–H and O–H groups in total. The summed E-state index contributed by atoms with van der Waals surface area (Å²) in [5.41, 5.74) is 2.39. The van der Waals surface area contributed by atoms with Crippen molar-refractivity contribution < 1.29 is 9.35 Å². The lowest BCUT2D eigenvalue weighted by Crippen LogP contribution is -2.40. The molecule has 3 aromatic rings. The number of H-pyrrole nitrogens is 1. The molecule has 2 aromatic heterocycles. The molecule has 1 aromatic carbocycles. The van der Waals surface area contributed by atoms with E-state index in [1.165, 1.54) is 0 Å².